The van der Waals surface area contributed by atoms with Crippen LogP contribution in [0.4, 0.5) is 0 Å². The molecule has 2 aliphatic rings. The molecule has 17 heavy (non-hydrogen) atoms. The zero-order valence-electron chi connectivity index (χ0n) is 11.2. The van der Waals surface area contributed by atoms with Crippen molar-refractivity contribution >= 4 is 0 Å². The van der Waals surface area contributed by atoms with E-state index in [0.717, 1.165) is 25.3 Å². The summed E-state index contributed by atoms with van der Waals surface area (Å²) in [6, 6.07) is 0. The zero-order valence-corrected chi connectivity index (χ0v) is 11.2. The second-order valence-corrected chi connectivity index (χ2v) is 6.15. The van der Waals surface area contributed by atoms with Crippen molar-refractivity contribution in [2.24, 2.45) is 5.92 Å². The fourth-order valence-electron chi connectivity index (χ4n) is 3.42. The quantitative estimate of drug-likeness (QED) is 0.784. The lowest BCUT2D eigenvalue weighted by atomic mass is 9.81. The SMILES string of the molecule is CN1CCCC(CNC2(CO)CCCCC2)C1. The minimum atomic E-state index is 0.0499. The molecule has 1 aliphatic heterocycles. The topological polar surface area (TPSA) is 35.5 Å². The third-order valence-electron chi connectivity index (χ3n) is 4.60. The van der Waals surface area contributed by atoms with Gasteiger partial charge in [-0.05, 0) is 51.7 Å². The summed E-state index contributed by atoms with van der Waals surface area (Å²) in [6.07, 6.45) is 8.89. The summed E-state index contributed by atoms with van der Waals surface area (Å²) in [4.78, 5) is 2.43. The molecule has 0 spiro atoms. The molecular formula is C14H28N2O. The first-order valence-electron chi connectivity index (χ1n) is 7.28. The largest absolute Gasteiger partial charge is 0.394 e. The number of hydrogen-bond donors (Lipinski definition) is 2. The Morgan fingerprint density at radius 2 is 2.00 bits per heavy atom. The number of rotatable bonds is 4. The second kappa shape index (κ2) is 6.17. The van der Waals surface area contributed by atoms with Crippen LogP contribution in [0.25, 0.3) is 0 Å². The van der Waals surface area contributed by atoms with Gasteiger partial charge in [-0.2, -0.15) is 0 Å². The molecule has 1 aliphatic carbocycles. The van der Waals surface area contributed by atoms with Crippen LogP contribution >= 0.6 is 0 Å². The van der Waals surface area contributed by atoms with E-state index in [1.165, 1.54) is 45.2 Å². The Morgan fingerprint density at radius 1 is 1.24 bits per heavy atom. The third-order valence-corrected chi connectivity index (χ3v) is 4.60. The average molecular weight is 240 g/mol. The number of aliphatic hydroxyl groups is 1. The van der Waals surface area contributed by atoms with E-state index >= 15 is 0 Å². The maximum Gasteiger partial charge on any atom is 0.0613 e. The number of hydrogen-bond acceptors (Lipinski definition) is 3. The summed E-state index contributed by atoms with van der Waals surface area (Å²) < 4.78 is 0. The average Bonchev–Trinajstić information content (AvgIpc) is 2.38. The molecule has 1 atom stereocenters. The van der Waals surface area contributed by atoms with Crippen LogP contribution in [0.15, 0.2) is 0 Å². The molecule has 2 rings (SSSR count). The highest BCUT2D eigenvalue weighted by Crippen LogP contribution is 2.28. The smallest absolute Gasteiger partial charge is 0.0613 e. The Morgan fingerprint density at radius 3 is 2.65 bits per heavy atom. The van der Waals surface area contributed by atoms with Gasteiger partial charge in [-0.3, -0.25) is 0 Å². The Labute approximate surface area is 106 Å². The molecule has 1 saturated carbocycles. The van der Waals surface area contributed by atoms with E-state index in [1.807, 2.05) is 0 Å². The summed E-state index contributed by atoms with van der Waals surface area (Å²) >= 11 is 0. The highest BCUT2D eigenvalue weighted by molar-refractivity contribution is 4.91. The van der Waals surface area contributed by atoms with Gasteiger partial charge in [-0.1, -0.05) is 19.3 Å². The third kappa shape index (κ3) is 3.67. The van der Waals surface area contributed by atoms with Gasteiger partial charge in [-0.25, -0.2) is 0 Å². The maximum absolute atomic E-state index is 9.65. The molecule has 2 fully saturated rings. The molecule has 3 heteroatoms. The highest BCUT2D eigenvalue weighted by atomic mass is 16.3. The van der Waals surface area contributed by atoms with Gasteiger partial charge >= 0.3 is 0 Å². The second-order valence-electron chi connectivity index (χ2n) is 6.15. The van der Waals surface area contributed by atoms with Gasteiger partial charge in [0.2, 0.25) is 0 Å². The van der Waals surface area contributed by atoms with Crippen molar-refractivity contribution in [3.8, 4) is 0 Å². The number of aliphatic hydroxyl groups excluding tert-OH is 1. The van der Waals surface area contributed by atoms with E-state index in [-0.39, 0.29) is 5.54 Å². The molecule has 3 nitrogen and oxygen atoms in total. The van der Waals surface area contributed by atoms with Gasteiger partial charge in [0.05, 0.1) is 6.61 Å². The fourth-order valence-corrected chi connectivity index (χ4v) is 3.42. The van der Waals surface area contributed by atoms with E-state index in [0.29, 0.717) is 6.61 Å². The molecule has 0 radical (unpaired) electrons. The van der Waals surface area contributed by atoms with Crippen LogP contribution in [-0.2, 0) is 0 Å². The molecule has 1 unspecified atom stereocenters. The summed E-state index contributed by atoms with van der Waals surface area (Å²) in [5.74, 6) is 0.777. The van der Waals surface area contributed by atoms with Gasteiger partial charge < -0.3 is 15.3 Å². The summed E-state index contributed by atoms with van der Waals surface area (Å²) in [6.45, 7) is 3.87. The normalized spacial score (nSPS) is 30.4. The summed E-state index contributed by atoms with van der Waals surface area (Å²) in [5.41, 5.74) is 0.0499. The van der Waals surface area contributed by atoms with Crippen molar-refractivity contribution in [3.05, 3.63) is 0 Å². The standard InChI is InChI=1S/C14H28N2O/c1-16-9-5-6-13(11-16)10-15-14(12-17)7-3-2-4-8-14/h13,15,17H,2-12H2,1H3. The first kappa shape index (κ1) is 13.3. The number of likely N-dealkylation sites (tertiary alicyclic amines) is 1. The fraction of sp³-hybridized carbons (Fsp3) is 1.00. The van der Waals surface area contributed by atoms with Crippen LogP contribution < -0.4 is 5.32 Å². The zero-order chi connectivity index (χ0) is 12.1. The van der Waals surface area contributed by atoms with Gasteiger partial charge in [0, 0.05) is 12.1 Å². The molecule has 0 amide bonds. The summed E-state index contributed by atoms with van der Waals surface area (Å²) in [7, 11) is 2.22. The molecule has 0 aromatic heterocycles. The van der Waals surface area contributed by atoms with Gasteiger partial charge in [0.15, 0.2) is 0 Å². The minimum absolute atomic E-state index is 0.0499. The lowest BCUT2D eigenvalue weighted by molar-refractivity contribution is 0.107. The van der Waals surface area contributed by atoms with E-state index in [9.17, 15) is 5.11 Å². The molecule has 1 saturated heterocycles. The van der Waals surface area contributed by atoms with E-state index in [2.05, 4.69) is 17.3 Å². The van der Waals surface area contributed by atoms with E-state index < -0.39 is 0 Å². The van der Waals surface area contributed by atoms with Crippen LogP contribution in [-0.4, -0.2) is 48.8 Å². The molecule has 0 bridgehead atoms. The van der Waals surface area contributed by atoms with Crippen molar-refractivity contribution in [1.82, 2.24) is 10.2 Å². The van der Waals surface area contributed by atoms with Crippen molar-refractivity contribution in [2.45, 2.75) is 50.5 Å². The molecule has 1 heterocycles. The van der Waals surface area contributed by atoms with Crippen LogP contribution in [0, 0.1) is 5.92 Å². The van der Waals surface area contributed by atoms with E-state index in [1.54, 1.807) is 0 Å². The van der Waals surface area contributed by atoms with Crippen molar-refractivity contribution in [1.29, 1.82) is 0 Å². The van der Waals surface area contributed by atoms with Crippen molar-refractivity contribution in [2.75, 3.05) is 33.3 Å². The Kier molecular flexibility index (Phi) is 4.83. The lowest BCUT2D eigenvalue weighted by Gasteiger charge is -2.39. The molecule has 0 aromatic rings. The van der Waals surface area contributed by atoms with Gasteiger partial charge in [-0.15, -0.1) is 0 Å². The molecule has 0 aromatic carbocycles. The van der Waals surface area contributed by atoms with Crippen LogP contribution in [0.5, 0.6) is 0 Å². The maximum atomic E-state index is 9.65. The predicted molar refractivity (Wildman–Crippen MR) is 71.1 cm³/mol. The first-order valence-corrected chi connectivity index (χ1v) is 7.28. The van der Waals surface area contributed by atoms with Crippen molar-refractivity contribution < 1.29 is 5.11 Å². The highest BCUT2D eigenvalue weighted by Gasteiger charge is 2.31. The molecule has 100 valence electrons. The molecular weight excluding hydrogens is 212 g/mol. The van der Waals surface area contributed by atoms with Crippen LogP contribution in [0.1, 0.15) is 44.9 Å². The monoisotopic (exact) mass is 240 g/mol. The number of nitrogens with zero attached hydrogens (tertiary/aromatic N) is 1. The Hall–Kier alpha value is -0.120. The first-order chi connectivity index (χ1) is 8.24. The van der Waals surface area contributed by atoms with Gasteiger partial charge in [0.25, 0.3) is 0 Å². The molecule has 2 N–H and O–H groups in total. The minimum Gasteiger partial charge on any atom is -0.394 e. The summed E-state index contributed by atoms with van der Waals surface area (Å²) in [5, 5.41) is 13.3. The van der Waals surface area contributed by atoms with Crippen LogP contribution in [0.3, 0.4) is 0 Å². The number of nitrogens with one attached hydrogen (secondary N) is 1. The Balaban J connectivity index is 1.78. The Bertz CT molecular complexity index is 226. The number of piperidine rings is 1. The van der Waals surface area contributed by atoms with Gasteiger partial charge in [0.1, 0.15) is 0 Å². The predicted octanol–water partition coefficient (Wildman–Crippen LogP) is 1.61. The van der Waals surface area contributed by atoms with Crippen molar-refractivity contribution in [3.63, 3.8) is 0 Å². The van der Waals surface area contributed by atoms with Crippen LogP contribution in [0.2, 0.25) is 0 Å². The van der Waals surface area contributed by atoms with E-state index in [4.69, 9.17) is 0 Å². The lowest BCUT2D eigenvalue weighted by Crippen LogP contribution is -2.52.